The molecule has 0 radical (unpaired) electrons. The summed E-state index contributed by atoms with van der Waals surface area (Å²) in [7, 11) is -3.81. The van der Waals surface area contributed by atoms with E-state index in [0.29, 0.717) is 23.4 Å². The van der Waals surface area contributed by atoms with E-state index in [2.05, 4.69) is 11.9 Å². The van der Waals surface area contributed by atoms with Crippen LogP contribution in [0.5, 0.6) is 0 Å². The molecule has 2 N–H and O–H groups in total. The quantitative estimate of drug-likeness (QED) is 0.613. The van der Waals surface area contributed by atoms with Gasteiger partial charge in [0.05, 0.1) is 21.5 Å². The van der Waals surface area contributed by atoms with E-state index < -0.39 is 16.0 Å². The smallest absolute Gasteiger partial charge is 0.338 e. The van der Waals surface area contributed by atoms with E-state index in [0.717, 1.165) is 23.9 Å². The first-order valence-electron chi connectivity index (χ1n) is 9.05. The lowest BCUT2D eigenvalue weighted by Crippen LogP contribution is -2.12. The van der Waals surface area contributed by atoms with Gasteiger partial charge in [-0.25, -0.2) is 23.3 Å². The average molecular weight is 401 g/mol. The molecule has 0 saturated carbocycles. The minimum absolute atomic E-state index is 0.00309. The van der Waals surface area contributed by atoms with Crippen molar-refractivity contribution in [1.29, 1.82) is 0 Å². The van der Waals surface area contributed by atoms with Gasteiger partial charge in [-0.3, -0.25) is 0 Å². The molecule has 0 fully saturated rings. The molecule has 3 aromatic rings. The van der Waals surface area contributed by atoms with Gasteiger partial charge in [-0.15, -0.1) is 0 Å². The molecular formula is C20H23N3O4S. The van der Waals surface area contributed by atoms with E-state index in [1.165, 1.54) is 12.1 Å². The molecule has 0 spiro atoms. The lowest BCUT2D eigenvalue weighted by Gasteiger charge is -2.09. The summed E-state index contributed by atoms with van der Waals surface area (Å²) in [4.78, 5) is 16.8. The Bertz CT molecular complexity index is 1100. The van der Waals surface area contributed by atoms with Crippen LogP contribution in [0, 0.1) is 6.92 Å². The summed E-state index contributed by atoms with van der Waals surface area (Å²) in [6, 6.07) is 11.7. The Balaban J connectivity index is 1.89. The third kappa shape index (κ3) is 4.40. The Morgan fingerprint density at radius 3 is 2.54 bits per heavy atom. The van der Waals surface area contributed by atoms with Crippen molar-refractivity contribution in [3.05, 3.63) is 59.4 Å². The Kier molecular flexibility index (Phi) is 5.81. The van der Waals surface area contributed by atoms with Gasteiger partial charge < -0.3 is 9.30 Å². The number of aromatic nitrogens is 2. The number of nitrogens with two attached hydrogens (primary N) is 1. The second-order valence-electron chi connectivity index (χ2n) is 6.67. The van der Waals surface area contributed by atoms with Crippen LogP contribution in [-0.4, -0.2) is 23.9 Å². The van der Waals surface area contributed by atoms with Gasteiger partial charge in [0.15, 0.2) is 0 Å². The highest BCUT2D eigenvalue weighted by atomic mass is 32.2. The molecule has 3 rings (SSSR count). The Hall–Kier alpha value is -2.71. The maximum atomic E-state index is 12.3. The number of hydrogen-bond acceptors (Lipinski definition) is 5. The fraction of sp³-hybridized carbons (Fsp3) is 0.300. The summed E-state index contributed by atoms with van der Waals surface area (Å²) in [5, 5.41) is 5.21. The average Bonchev–Trinajstić information content (AvgIpc) is 3.01. The number of primary sulfonamides is 1. The zero-order valence-corrected chi connectivity index (χ0v) is 16.7. The fourth-order valence-corrected chi connectivity index (χ4v) is 3.45. The Morgan fingerprint density at radius 2 is 1.89 bits per heavy atom. The summed E-state index contributed by atoms with van der Waals surface area (Å²) in [6.45, 7) is 4.71. The van der Waals surface area contributed by atoms with Crippen LogP contribution < -0.4 is 5.14 Å². The third-order valence-electron chi connectivity index (χ3n) is 4.48. The van der Waals surface area contributed by atoms with Gasteiger partial charge in [0.1, 0.15) is 12.4 Å². The first-order valence-corrected chi connectivity index (χ1v) is 10.6. The lowest BCUT2D eigenvalue weighted by atomic mass is 10.1. The van der Waals surface area contributed by atoms with E-state index in [1.807, 2.05) is 23.6 Å². The van der Waals surface area contributed by atoms with Gasteiger partial charge in [-0.1, -0.05) is 31.0 Å². The summed E-state index contributed by atoms with van der Waals surface area (Å²) >= 11 is 0. The molecule has 0 aliphatic rings. The molecule has 0 aliphatic heterocycles. The number of carbonyl (C=O) groups excluding carboxylic acids is 1. The number of sulfonamides is 1. The predicted octanol–water partition coefficient (Wildman–Crippen LogP) is 3.15. The second kappa shape index (κ2) is 8.12. The molecule has 0 bridgehead atoms. The highest BCUT2D eigenvalue weighted by molar-refractivity contribution is 7.89. The second-order valence-corrected chi connectivity index (χ2v) is 8.23. The summed E-state index contributed by atoms with van der Waals surface area (Å²) in [6.07, 6.45) is 1.90. The van der Waals surface area contributed by atoms with Crippen LogP contribution in [0.15, 0.2) is 47.4 Å². The molecule has 0 atom stereocenters. The van der Waals surface area contributed by atoms with Gasteiger partial charge in [0, 0.05) is 6.54 Å². The van der Waals surface area contributed by atoms with Crippen LogP contribution in [0.4, 0.5) is 0 Å². The first kappa shape index (κ1) is 20.0. The monoisotopic (exact) mass is 401 g/mol. The van der Waals surface area contributed by atoms with Crippen LogP contribution >= 0.6 is 0 Å². The number of carbonyl (C=O) groups is 1. The van der Waals surface area contributed by atoms with Gasteiger partial charge in [0.25, 0.3) is 0 Å². The van der Waals surface area contributed by atoms with Gasteiger partial charge in [-0.05, 0) is 43.7 Å². The van der Waals surface area contributed by atoms with Gasteiger partial charge >= 0.3 is 5.97 Å². The number of nitrogens with zero attached hydrogens (tertiary/aromatic N) is 2. The molecule has 7 nitrogen and oxygen atoms in total. The Labute approximate surface area is 164 Å². The summed E-state index contributed by atoms with van der Waals surface area (Å²) in [5.41, 5.74) is 2.81. The number of rotatable bonds is 7. The number of fused-ring (bicyclic) bond motifs is 1. The third-order valence-corrected chi connectivity index (χ3v) is 5.39. The molecule has 8 heteroatoms. The van der Waals surface area contributed by atoms with E-state index in [4.69, 9.17) is 9.88 Å². The van der Waals surface area contributed by atoms with E-state index in [-0.39, 0.29) is 11.5 Å². The minimum atomic E-state index is -3.81. The molecule has 2 aromatic carbocycles. The molecule has 0 amide bonds. The molecular weight excluding hydrogens is 378 g/mol. The van der Waals surface area contributed by atoms with Gasteiger partial charge in [0.2, 0.25) is 10.0 Å². The molecule has 0 aliphatic carbocycles. The number of hydrogen-bond donors (Lipinski definition) is 1. The van der Waals surface area contributed by atoms with Crippen molar-refractivity contribution >= 4 is 27.0 Å². The van der Waals surface area contributed by atoms with Crippen molar-refractivity contribution in [2.75, 3.05) is 0 Å². The van der Waals surface area contributed by atoms with Crippen molar-refractivity contribution in [1.82, 2.24) is 9.55 Å². The van der Waals surface area contributed by atoms with E-state index in [9.17, 15) is 13.2 Å². The molecule has 148 valence electrons. The highest BCUT2D eigenvalue weighted by Gasteiger charge is 2.16. The maximum absolute atomic E-state index is 12.3. The normalized spacial score (nSPS) is 11.7. The zero-order valence-electron chi connectivity index (χ0n) is 15.9. The molecule has 28 heavy (non-hydrogen) atoms. The minimum Gasteiger partial charge on any atom is -0.454 e. The number of aryl methyl sites for hydroxylation is 2. The van der Waals surface area contributed by atoms with Crippen molar-refractivity contribution in [3.63, 3.8) is 0 Å². The molecule has 1 aromatic heterocycles. The predicted molar refractivity (Wildman–Crippen MR) is 106 cm³/mol. The highest BCUT2D eigenvalue weighted by Crippen LogP contribution is 2.21. The Morgan fingerprint density at radius 1 is 1.18 bits per heavy atom. The number of esters is 1. The number of unbranched alkanes of at least 4 members (excludes halogenated alkanes) is 1. The van der Waals surface area contributed by atoms with Crippen LogP contribution in [-0.2, 0) is 27.9 Å². The number of benzene rings is 2. The molecule has 0 unspecified atom stereocenters. The van der Waals surface area contributed by atoms with Crippen LogP contribution in [0.1, 0.15) is 41.5 Å². The largest absolute Gasteiger partial charge is 0.454 e. The topological polar surface area (TPSA) is 104 Å². The van der Waals surface area contributed by atoms with Crippen LogP contribution in [0.25, 0.3) is 11.0 Å². The van der Waals surface area contributed by atoms with Gasteiger partial charge in [-0.2, -0.15) is 0 Å². The van der Waals surface area contributed by atoms with E-state index >= 15 is 0 Å². The number of imidazole rings is 1. The van der Waals surface area contributed by atoms with Crippen molar-refractivity contribution in [2.45, 2.75) is 44.7 Å². The maximum Gasteiger partial charge on any atom is 0.338 e. The number of ether oxygens (including phenoxy) is 1. The van der Waals surface area contributed by atoms with Crippen LogP contribution in [0.2, 0.25) is 0 Å². The van der Waals surface area contributed by atoms with Crippen molar-refractivity contribution in [3.8, 4) is 0 Å². The first-order chi connectivity index (χ1) is 13.3. The zero-order chi connectivity index (χ0) is 20.3. The fourth-order valence-electron chi connectivity index (χ4n) is 2.92. The lowest BCUT2D eigenvalue weighted by molar-refractivity contribution is 0.0458. The molecule has 1 heterocycles. The summed E-state index contributed by atoms with van der Waals surface area (Å²) in [5.74, 6) is 0.134. The molecule has 0 saturated heterocycles. The standard InChI is InChI=1S/C20H23N3O4S/c1-3-4-11-23-18-10-9-16(28(21,25)26)12-17(18)22-19(23)13-27-20(24)15-7-5-14(2)6-8-15/h5-10,12H,3-4,11,13H2,1-2H3,(H2,21,25,26). The summed E-state index contributed by atoms with van der Waals surface area (Å²) < 4.78 is 30.6. The van der Waals surface area contributed by atoms with Crippen molar-refractivity contribution in [2.24, 2.45) is 5.14 Å². The van der Waals surface area contributed by atoms with Crippen molar-refractivity contribution < 1.29 is 17.9 Å². The van der Waals surface area contributed by atoms with Crippen LogP contribution in [0.3, 0.4) is 0 Å². The van der Waals surface area contributed by atoms with E-state index in [1.54, 1.807) is 18.2 Å². The SMILES string of the molecule is CCCCn1c(COC(=O)c2ccc(C)cc2)nc2cc(S(N)(=O)=O)ccc21.